The molecule has 3 aliphatic rings. The number of aromatic nitrogens is 1. The number of pyridine rings is 1. The molecule has 10 nitrogen and oxygen atoms in total. The Kier molecular flexibility index (Phi) is 7.63. The molecule has 1 amide bonds. The number of ether oxygens (including phenoxy) is 2. The van der Waals surface area contributed by atoms with E-state index in [1.165, 1.54) is 11.4 Å². The van der Waals surface area contributed by atoms with E-state index in [2.05, 4.69) is 9.88 Å². The lowest BCUT2D eigenvalue weighted by Crippen LogP contribution is -2.63. The molecule has 3 aromatic rings. The minimum absolute atomic E-state index is 0.0171. The molecule has 1 atom stereocenters. The van der Waals surface area contributed by atoms with Crippen LogP contribution in [0.2, 0.25) is 5.02 Å². The lowest BCUT2D eigenvalue weighted by Gasteiger charge is -2.45. The zero-order valence-corrected chi connectivity index (χ0v) is 24.9. The second kappa shape index (κ2) is 11.1. The smallest absolute Gasteiger partial charge is 0.305 e. The highest BCUT2D eigenvalue weighted by atomic mass is 35.5. The van der Waals surface area contributed by atoms with E-state index in [0.717, 1.165) is 29.5 Å². The van der Waals surface area contributed by atoms with Gasteiger partial charge in [0.25, 0.3) is 0 Å². The Morgan fingerprint density at radius 2 is 1.76 bits per heavy atom. The summed E-state index contributed by atoms with van der Waals surface area (Å²) in [4.78, 5) is 33.8. The summed E-state index contributed by atoms with van der Waals surface area (Å²) in [5.74, 6) is -0.664. The molecule has 6 rings (SSSR count). The molecule has 222 valence electrons. The molecule has 1 unspecified atom stereocenters. The van der Waals surface area contributed by atoms with Crippen molar-refractivity contribution in [2.45, 2.75) is 48.3 Å². The van der Waals surface area contributed by atoms with Gasteiger partial charge in [-0.2, -0.15) is 4.31 Å². The Bertz CT molecular complexity index is 1610. The van der Waals surface area contributed by atoms with Crippen molar-refractivity contribution >= 4 is 50.0 Å². The van der Waals surface area contributed by atoms with Gasteiger partial charge in [0.15, 0.2) is 5.72 Å². The molecule has 1 aromatic heterocycles. The van der Waals surface area contributed by atoms with E-state index < -0.39 is 21.3 Å². The summed E-state index contributed by atoms with van der Waals surface area (Å²) in [5, 5.41) is 2.11. The van der Waals surface area contributed by atoms with E-state index >= 15 is 0 Å². The van der Waals surface area contributed by atoms with Gasteiger partial charge in [0, 0.05) is 42.6 Å². The molecule has 0 aliphatic carbocycles. The summed E-state index contributed by atoms with van der Waals surface area (Å²) in [6.07, 6.45) is 5.73. The number of fused-ring (bicyclic) bond motifs is 2. The number of piperidine rings is 1. The standard InChI is InChI=1S/C30H33ClN4O6S/c1-40-28(37)3-2-10-30-21-34(42(38,39)26-7-5-22-17-24(31)6-4-23(22)18-26)19-27(36)35(30)20-29(41-30)11-15-33(16-12-29)25-8-13-32-14-9-25/h4-9,13-14,17-18H,2-3,10-12,15-16,19-21H2,1H3. The van der Waals surface area contributed by atoms with E-state index in [1.807, 2.05) is 12.1 Å². The SMILES string of the molecule is COC(=O)CCCC12CN(S(=O)(=O)c3ccc4cc(Cl)ccc4c3)CC(=O)N1CC1(CCN(c3ccncc3)CC1)O2. The number of nitrogens with zero attached hydrogens (tertiary/aromatic N) is 4. The molecule has 0 saturated carbocycles. The first-order valence-corrected chi connectivity index (χ1v) is 15.9. The molecule has 2 aromatic carbocycles. The van der Waals surface area contributed by atoms with Crippen molar-refractivity contribution in [1.82, 2.24) is 14.2 Å². The fraction of sp³-hybridized carbons (Fsp3) is 0.433. The molecule has 42 heavy (non-hydrogen) atoms. The van der Waals surface area contributed by atoms with Gasteiger partial charge >= 0.3 is 5.97 Å². The number of amides is 1. The Labute approximate surface area is 250 Å². The summed E-state index contributed by atoms with van der Waals surface area (Å²) in [5.41, 5.74) is -0.708. The van der Waals surface area contributed by atoms with Crippen LogP contribution in [0.3, 0.4) is 0 Å². The molecular formula is C30H33ClN4O6S. The van der Waals surface area contributed by atoms with Gasteiger partial charge in [0.05, 0.1) is 37.2 Å². The third-order valence-electron chi connectivity index (χ3n) is 8.67. The maximum atomic E-state index is 14.0. The van der Waals surface area contributed by atoms with E-state index in [0.29, 0.717) is 37.3 Å². The predicted molar refractivity (Wildman–Crippen MR) is 158 cm³/mol. The van der Waals surface area contributed by atoms with Crippen molar-refractivity contribution in [3.05, 3.63) is 65.9 Å². The lowest BCUT2D eigenvalue weighted by molar-refractivity contribution is -0.181. The van der Waals surface area contributed by atoms with E-state index in [9.17, 15) is 18.0 Å². The lowest BCUT2D eigenvalue weighted by atomic mass is 9.91. The second-order valence-corrected chi connectivity index (χ2v) is 13.6. The topological polar surface area (TPSA) is 109 Å². The van der Waals surface area contributed by atoms with E-state index in [-0.39, 0.29) is 36.3 Å². The highest BCUT2D eigenvalue weighted by Gasteiger charge is 2.60. The number of esters is 1. The van der Waals surface area contributed by atoms with Crippen molar-refractivity contribution in [1.29, 1.82) is 0 Å². The number of hydrogen-bond donors (Lipinski definition) is 0. The Morgan fingerprint density at radius 1 is 1.05 bits per heavy atom. The van der Waals surface area contributed by atoms with Gasteiger partial charge < -0.3 is 19.3 Å². The van der Waals surface area contributed by atoms with Gasteiger partial charge in [0.1, 0.15) is 0 Å². The zero-order chi connectivity index (χ0) is 29.5. The maximum Gasteiger partial charge on any atom is 0.305 e. The van der Waals surface area contributed by atoms with Crippen molar-refractivity contribution in [3.8, 4) is 0 Å². The number of carbonyl (C=O) groups is 2. The largest absolute Gasteiger partial charge is 0.469 e. The van der Waals surface area contributed by atoms with Gasteiger partial charge in [-0.25, -0.2) is 8.42 Å². The van der Waals surface area contributed by atoms with Gasteiger partial charge in [-0.05, 0) is 72.9 Å². The third-order valence-corrected chi connectivity index (χ3v) is 10.7. The van der Waals surface area contributed by atoms with Crippen LogP contribution in [-0.4, -0.2) is 85.6 Å². The van der Waals surface area contributed by atoms with Crippen molar-refractivity contribution in [2.75, 3.05) is 44.7 Å². The van der Waals surface area contributed by atoms with Crippen LogP contribution in [0, 0.1) is 0 Å². The van der Waals surface area contributed by atoms with Gasteiger partial charge in [0.2, 0.25) is 15.9 Å². The molecule has 3 saturated heterocycles. The van der Waals surface area contributed by atoms with Crippen LogP contribution >= 0.6 is 11.6 Å². The molecule has 3 aliphatic heterocycles. The number of carbonyl (C=O) groups excluding carboxylic acids is 2. The Morgan fingerprint density at radius 3 is 2.50 bits per heavy atom. The van der Waals surface area contributed by atoms with Crippen LogP contribution in [0.4, 0.5) is 5.69 Å². The van der Waals surface area contributed by atoms with Crippen LogP contribution in [0.5, 0.6) is 0 Å². The van der Waals surface area contributed by atoms with Gasteiger partial charge in [-0.3, -0.25) is 14.6 Å². The summed E-state index contributed by atoms with van der Waals surface area (Å²) in [6, 6.07) is 14.1. The van der Waals surface area contributed by atoms with E-state index in [4.69, 9.17) is 21.1 Å². The normalized spacial score (nSPS) is 22.5. The van der Waals surface area contributed by atoms with Gasteiger partial charge in [-0.1, -0.05) is 23.7 Å². The fourth-order valence-electron chi connectivity index (χ4n) is 6.46. The minimum Gasteiger partial charge on any atom is -0.469 e. The van der Waals surface area contributed by atoms with Crippen molar-refractivity contribution in [3.63, 3.8) is 0 Å². The van der Waals surface area contributed by atoms with Crippen LogP contribution in [0.25, 0.3) is 10.8 Å². The van der Waals surface area contributed by atoms with Crippen molar-refractivity contribution < 1.29 is 27.5 Å². The number of methoxy groups -OCH3 is 1. The number of sulfonamides is 1. The average molecular weight is 613 g/mol. The average Bonchev–Trinajstić information content (AvgIpc) is 3.31. The number of anilines is 1. The highest BCUT2D eigenvalue weighted by Crippen LogP contribution is 2.46. The first-order chi connectivity index (χ1) is 20.1. The predicted octanol–water partition coefficient (Wildman–Crippen LogP) is 3.83. The molecule has 0 bridgehead atoms. The number of piperazine rings is 1. The zero-order valence-electron chi connectivity index (χ0n) is 23.4. The van der Waals surface area contributed by atoms with Crippen LogP contribution < -0.4 is 4.90 Å². The summed E-state index contributed by atoms with van der Waals surface area (Å²) < 4.78 is 40.9. The molecule has 1 spiro atoms. The monoisotopic (exact) mass is 612 g/mol. The fourth-order valence-corrected chi connectivity index (χ4v) is 8.11. The van der Waals surface area contributed by atoms with Crippen LogP contribution in [0.15, 0.2) is 65.8 Å². The molecule has 3 fully saturated rings. The number of halogens is 1. The summed E-state index contributed by atoms with van der Waals surface area (Å²) >= 11 is 6.11. The Balaban J connectivity index is 1.28. The second-order valence-electron chi connectivity index (χ2n) is 11.3. The van der Waals surface area contributed by atoms with E-state index in [1.54, 1.807) is 53.7 Å². The molecule has 0 N–H and O–H groups in total. The molecule has 0 radical (unpaired) electrons. The highest BCUT2D eigenvalue weighted by molar-refractivity contribution is 7.89. The van der Waals surface area contributed by atoms with Crippen LogP contribution in [0.1, 0.15) is 32.1 Å². The minimum atomic E-state index is -4.04. The van der Waals surface area contributed by atoms with Gasteiger partial charge in [-0.15, -0.1) is 0 Å². The molecular weight excluding hydrogens is 580 g/mol. The maximum absolute atomic E-state index is 14.0. The number of rotatable bonds is 7. The third kappa shape index (κ3) is 5.34. The number of benzene rings is 2. The Hall–Kier alpha value is -3.25. The van der Waals surface area contributed by atoms with Crippen molar-refractivity contribution in [2.24, 2.45) is 0 Å². The van der Waals surface area contributed by atoms with Crippen LogP contribution in [-0.2, 0) is 29.1 Å². The number of hydrogen-bond acceptors (Lipinski definition) is 8. The molecule has 12 heteroatoms. The first kappa shape index (κ1) is 28.9. The molecule has 4 heterocycles. The summed E-state index contributed by atoms with van der Waals surface area (Å²) in [6.45, 7) is 1.55. The summed E-state index contributed by atoms with van der Waals surface area (Å²) in [7, 11) is -2.71. The first-order valence-electron chi connectivity index (χ1n) is 14.1. The quantitative estimate of drug-likeness (QED) is 0.371.